The normalized spacial score (nSPS) is 12.2. The molecule has 0 bridgehead atoms. The number of aromatic nitrogens is 4. The molecule has 4 heterocycles. The van der Waals surface area contributed by atoms with Gasteiger partial charge >= 0.3 is 120 Å². The van der Waals surface area contributed by atoms with Crippen LogP contribution >= 0.6 is 11.3 Å². The fourth-order valence-corrected chi connectivity index (χ4v) is 11.5. The van der Waals surface area contributed by atoms with Crippen molar-refractivity contribution in [1.82, 2.24) is 19.5 Å². The summed E-state index contributed by atoms with van der Waals surface area (Å²) in [7, 11) is 0. The van der Waals surface area contributed by atoms with Crippen LogP contribution in [0.15, 0.2) is 152 Å². The number of rotatable bonds is 7. The zero-order valence-electron chi connectivity index (χ0n) is 39.2. The molecule has 0 fully saturated rings. The number of nitrogens with zero attached hydrogens (tertiary/aromatic N) is 4. The van der Waals surface area contributed by atoms with E-state index in [4.69, 9.17) is 11.3 Å². The van der Waals surface area contributed by atoms with Crippen molar-refractivity contribution < 1.29 is 30.3 Å². The van der Waals surface area contributed by atoms with Crippen LogP contribution in [0.1, 0.15) is 53.0 Å². The average molecular weight is 1130 g/mol. The molecule has 66 heavy (non-hydrogen) atoms. The standard InChI is InChI=1S/C40H28F2N3S.C17H22GeN.Ir/c1-40(2,3)32-14-8-11-29(25-9-5-4-6-10-25)37(32)45-34-22-28(42)19-20-33(34)44-39(45)31-13-7-12-30-36-35(46-38(30)31)21-26(23-43-36)24-15-17-27(41)18-16-24;1-13(2)14-6-8-15(9-7-14)17-11-10-16(12-19-17)18(3,4)5;/h4-12,14-23H,1-3H3;6-8,10-13H,1-5H3;/q2*-1;/i;13D;. The van der Waals surface area contributed by atoms with Crippen molar-refractivity contribution in [3.63, 3.8) is 0 Å². The smallest absolute Gasteiger partial charge is 0 e. The number of hydrogen-bond donors (Lipinski definition) is 0. The van der Waals surface area contributed by atoms with E-state index in [9.17, 15) is 4.39 Å². The second-order valence-electron chi connectivity index (χ2n) is 18.7. The molecule has 6 aromatic carbocycles. The number of benzene rings is 6. The van der Waals surface area contributed by atoms with Crippen LogP contribution in [-0.2, 0) is 25.5 Å². The minimum atomic E-state index is -1.78. The predicted molar refractivity (Wildman–Crippen MR) is 271 cm³/mol. The summed E-state index contributed by atoms with van der Waals surface area (Å²) < 4.78 is 42.2. The Balaban J connectivity index is 0.000000244. The molecule has 4 nitrogen and oxygen atoms in total. The van der Waals surface area contributed by atoms with E-state index in [1.165, 1.54) is 22.6 Å². The van der Waals surface area contributed by atoms with E-state index in [1.54, 1.807) is 35.6 Å². The van der Waals surface area contributed by atoms with Gasteiger partial charge in [-0.05, 0) is 63.2 Å². The van der Waals surface area contributed by atoms with Crippen molar-refractivity contribution in [2.45, 2.75) is 63.2 Å². The van der Waals surface area contributed by atoms with E-state index in [0.717, 1.165) is 76.2 Å². The molecule has 0 spiro atoms. The largest absolute Gasteiger partial charge is 0 e. The third kappa shape index (κ3) is 9.48. The quantitative estimate of drug-likeness (QED) is 0.118. The Kier molecular flexibility index (Phi) is 13.1. The molecule has 9 heteroatoms. The fourth-order valence-electron chi connectivity index (χ4n) is 8.15. The summed E-state index contributed by atoms with van der Waals surface area (Å²) in [6.07, 6.45) is 3.85. The second-order valence-corrected chi connectivity index (χ2v) is 30.4. The molecule has 0 aliphatic heterocycles. The zero-order valence-corrected chi connectivity index (χ0v) is 43.5. The van der Waals surface area contributed by atoms with Crippen LogP contribution in [0.25, 0.3) is 81.9 Å². The van der Waals surface area contributed by atoms with Crippen molar-refractivity contribution in [3.8, 4) is 50.6 Å². The van der Waals surface area contributed by atoms with Crippen molar-refractivity contribution in [3.05, 3.63) is 187 Å². The molecule has 333 valence electrons. The number of para-hydroxylation sites is 1. The maximum Gasteiger partial charge on any atom is 0 e. The average Bonchev–Trinajstić information content (AvgIpc) is 3.86. The molecule has 0 unspecified atom stereocenters. The van der Waals surface area contributed by atoms with Crippen LogP contribution in [0.5, 0.6) is 0 Å². The van der Waals surface area contributed by atoms with Crippen LogP contribution < -0.4 is 4.40 Å². The SMILES string of the molecule is CC(C)(C)c1cccc(-c2ccccc2)c1-n1c(-c2[c-]ccc3c2sc2cc(-c4ccc(F)cc4)cnc23)nc2ccc(F)cc21.[2H]C(C)(C)c1c[c-]c(-c2cc[c]([Ge]([CH3])([CH3])[CH3])cn2)cc1.[Ir]. The third-order valence-electron chi connectivity index (χ3n) is 11.7. The summed E-state index contributed by atoms with van der Waals surface area (Å²) in [4.78, 5) is 14.6. The minimum absolute atomic E-state index is 0. The van der Waals surface area contributed by atoms with Gasteiger partial charge in [-0.25, -0.2) is 8.78 Å². The Morgan fingerprint density at radius 2 is 1.50 bits per heavy atom. The van der Waals surface area contributed by atoms with Gasteiger partial charge in [0.2, 0.25) is 0 Å². The first kappa shape index (κ1) is 45.5. The van der Waals surface area contributed by atoms with Crippen molar-refractivity contribution in [2.24, 2.45) is 0 Å². The van der Waals surface area contributed by atoms with E-state index in [2.05, 4.69) is 108 Å². The molecule has 10 rings (SSSR count). The Morgan fingerprint density at radius 1 is 0.742 bits per heavy atom. The molecule has 0 saturated heterocycles. The van der Waals surface area contributed by atoms with Gasteiger partial charge in [-0.3, -0.25) is 9.97 Å². The molecule has 10 aromatic rings. The number of halogens is 2. The van der Waals surface area contributed by atoms with Gasteiger partial charge in [0.15, 0.2) is 0 Å². The topological polar surface area (TPSA) is 43.6 Å². The van der Waals surface area contributed by atoms with Gasteiger partial charge in [-0.1, -0.05) is 92.4 Å². The molecule has 0 N–H and O–H groups in total. The van der Waals surface area contributed by atoms with Crippen molar-refractivity contribution in [2.75, 3.05) is 0 Å². The summed E-state index contributed by atoms with van der Waals surface area (Å²) >= 11 is -0.154. The first-order valence-corrected chi connectivity index (χ1v) is 30.0. The van der Waals surface area contributed by atoms with Gasteiger partial charge in [0.05, 0.1) is 28.1 Å². The monoisotopic (exact) mass is 1130 g/mol. The fraction of sp³-hybridized carbons (Fsp3) is 0.175. The summed E-state index contributed by atoms with van der Waals surface area (Å²) in [5.41, 5.74) is 11.8. The zero-order chi connectivity index (χ0) is 46.5. The van der Waals surface area contributed by atoms with Crippen LogP contribution in [0, 0.1) is 23.8 Å². The molecule has 4 aromatic heterocycles. The summed E-state index contributed by atoms with van der Waals surface area (Å²) in [5, 5.41) is 0.997. The van der Waals surface area contributed by atoms with Crippen molar-refractivity contribution in [1.29, 1.82) is 0 Å². The van der Waals surface area contributed by atoms with E-state index < -0.39 is 19.2 Å². The van der Waals surface area contributed by atoms with Crippen LogP contribution in [0.4, 0.5) is 8.78 Å². The Bertz CT molecular complexity index is 3310. The van der Waals surface area contributed by atoms with Crippen LogP contribution in [0.3, 0.4) is 0 Å². The van der Waals surface area contributed by atoms with E-state index in [1.807, 2.05) is 74.8 Å². The number of thiophene rings is 1. The number of fused-ring (bicyclic) bond motifs is 4. The third-order valence-corrected chi connectivity index (χ3v) is 17.1. The molecule has 0 aliphatic rings. The number of pyridine rings is 2. The Labute approximate surface area is 408 Å². The molecular formula is C57H50F2GeIrN4S-2. The maximum absolute atomic E-state index is 15.0. The molecular weight excluding hydrogens is 1080 g/mol. The van der Waals surface area contributed by atoms with Gasteiger partial charge in [0, 0.05) is 42.1 Å². The summed E-state index contributed by atoms with van der Waals surface area (Å²) in [6.45, 7) is 10.4. The van der Waals surface area contributed by atoms with Gasteiger partial charge in [-0.2, -0.15) is 11.3 Å². The Morgan fingerprint density at radius 3 is 2.17 bits per heavy atom. The van der Waals surface area contributed by atoms with Gasteiger partial charge in [0.1, 0.15) is 11.6 Å². The predicted octanol–water partition coefficient (Wildman–Crippen LogP) is 15.4. The second kappa shape index (κ2) is 18.9. The first-order valence-electron chi connectivity index (χ1n) is 22.3. The Hall–Kier alpha value is -5.64. The summed E-state index contributed by atoms with van der Waals surface area (Å²) in [6, 6.07) is 50.9. The van der Waals surface area contributed by atoms with Crippen molar-refractivity contribution >= 4 is 60.3 Å². The summed E-state index contributed by atoms with van der Waals surface area (Å²) in [5.74, 6) is 6.62. The van der Waals surface area contributed by atoms with Gasteiger partial charge in [0.25, 0.3) is 0 Å². The first-order chi connectivity index (χ1) is 31.4. The number of imidazole rings is 1. The molecule has 0 amide bonds. The van der Waals surface area contributed by atoms with Crippen LogP contribution in [-0.4, -0.2) is 32.8 Å². The van der Waals surface area contributed by atoms with E-state index >= 15 is 4.39 Å². The number of hydrogen-bond acceptors (Lipinski definition) is 4. The molecule has 0 aliphatic carbocycles. The maximum atomic E-state index is 15.0. The molecule has 0 saturated carbocycles. The van der Waals surface area contributed by atoms with Gasteiger partial charge in [-0.15, -0.1) is 18.2 Å². The van der Waals surface area contributed by atoms with E-state index in [-0.39, 0.29) is 37.2 Å². The van der Waals surface area contributed by atoms with Crippen LogP contribution in [0.2, 0.25) is 17.3 Å². The van der Waals surface area contributed by atoms with Gasteiger partial charge < -0.3 is 4.57 Å². The molecule has 0 atom stereocenters. The van der Waals surface area contributed by atoms with E-state index in [0.29, 0.717) is 16.9 Å². The minimum Gasteiger partial charge on any atom is 0 e. The molecule has 1 radical (unpaired) electrons.